The molecule has 2 rings (SSSR count). The molecule has 1 N–H and O–H groups in total. The average molecular weight is 219 g/mol. The number of piperidine rings is 1. The van der Waals surface area contributed by atoms with Gasteiger partial charge in [0.2, 0.25) is 0 Å². The number of rotatable bonds is 3. The molecule has 2 heteroatoms. The SMILES string of the molecule is CC1CCCN(c2ccc(CCO)cc2)C1. The van der Waals surface area contributed by atoms with Gasteiger partial charge in [0.1, 0.15) is 0 Å². The molecule has 2 nitrogen and oxygen atoms in total. The number of hydrogen-bond donors (Lipinski definition) is 1. The van der Waals surface area contributed by atoms with Crippen molar-refractivity contribution in [2.45, 2.75) is 26.2 Å². The number of anilines is 1. The molecule has 88 valence electrons. The maximum atomic E-state index is 8.86. The minimum Gasteiger partial charge on any atom is -0.396 e. The predicted molar refractivity (Wildman–Crippen MR) is 67.8 cm³/mol. The van der Waals surface area contributed by atoms with E-state index in [9.17, 15) is 0 Å². The molecule has 0 saturated carbocycles. The molecule has 16 heavy (non-hydrogen) atoms. The largest absolute Gasteiger partial charge is 0.396 e. The molecular weight excluding hydrogens is 198 g/mol. The van der Waals surface area contributed by atoms with E-state index in [1.807, 2.05) is 0 Å². The van der Waals surface area contributed by atoms with Crippen molar-refractivity contribution in [1.29, 1.82) is 0 Å². The second-order valence-corrected chi connectivity index (χ2v) is 4.83. The molecule has 1 atom stereocenters. The third-order valence-corrected chi connectivity index (χ3v) is 3.36. The first-order valence-corrected chi connectivity index (χ1v) is 6.24. The van der Waals surface area contributed by atoms with Crippen molar-refractivity contribution >= 4 is 5.69 Å². The van der Waals surface area contributed by atoms with E-state index in [-0.39, 0.29) is 6.61 Å². The van der Waals surface area contributed by atoms with Gasteiger partial charge in [0.15, 0.2) is 0 Å². The molecule has 1 fully saturated rings. The highest BCUT2D eigenvalue weighted by molar-refractivity contribution is 5.48. The molecule has 1 saturated heterocycles. The van der Waals surface area contributed by atoms with Gasteiger partial charge in [0, 0.05) is 25.4 Å². The van der Waals surface area contributed by atoms with Crippen LogP contribution in [0.25, 0.3) is 0 Å². The van der Waals surface area contributed by atoms with Gasteiger partial charge >= 0.3 is 0 Å². The summed E-state index contributed by atoms with van der Waals surface area (Å²) in [5, 5.41) is 8.86. The summed E-state index contributed by atoms with van der Waals surface area (Å²) in [6.45, 7) is 4.93. The van der Waals surface area contributed by atoms with Crippen LogP contribution in [0.4, 0.5) is 5.69 Å². The first-order chi connectivity index (χ1) is 7.79. The van der Waals surface area contributed by atoms with Crippen LogP contribution in [0.2, 0.25) is 0 Å². The monoisotopic (exact) mass is 219 g/mol. The molecule has 0 spiro atoms. The van der Waals surface area contributed by atoms with E-state index in [1.165, 1.54) is 37.2 Å². The Morgan fingerprint density at radius 2 is 2.06 bits per heavy atom. The topological polar surface area (TPSA) is 23.5 Å². The van der Waals surface area contributed by atoms with Gasteiger partial charge in [-0.2, -0.15) is 0 Å². The Kier molecular flexibility index (Phi) is 3.83. The number of benzene rings is 1. The summed E-state index contributed by atoms with van der Waals surface area (Å²) in [5.74, 6) is 0.811. The highest BCUT2D eigenvalue weighted by Gasteiger charge is 2.16. The fourth-order valence-electron chi connectivity index (χ4n) is 2.43. The molecule has 1 heterocycles. The zero-order valence-corrected chi connectivity index (χ0v) is 10.0. The number of aliphatic hydroxyl groups excluding tert-OH is 1. The fraction of sp³-hybridized carbons (Fsp3) is 0.571. The van der Waals surface area contributed by atoms with Crippen molar-refractivity contribution < 1.29 is 5.11 Å². The summed E-state index contributed by atoms with van der Waals surface area (Å²) in [7, 11) is 0. The Balaban J connectivity index is 2.03. The van der Waals surface area contributed by atoms with Gasteiger partial charge in [-0.05, 0) is 42.9 Å². The lowest BCUT2D eigenvalue weighted by atomic mass is 9.99. The maximum Gasteiger partial charge on any atom is 0.0471 e. The third-order valence-electron chi connectivity index (χ3n) is 3.36. The van der Waals surface area contributed by atoms with Gasteiger partial charge in [0.25, 0.3) is 0 Å². The average Bonchev–Trinajstić information content (AvgIpc) is 2.30. The zero-order chi connectivity index (χ0) is 11.4. The van der Waals surface area contributed by atoms with Crippen molar-refractivity contribution in [3.63, 3.8) is 0 Å². The minimum atomic E-state index is 0.236. The molecule has 0 aliphatic carbocycles. The zero-order valence-electron chi connectivity index (χ0n) is 10.0. The first kappa shape index (κ1) is 11.5. The van der Waals surface area contributed by atoms with E-state index in [1.54, 1.807) is 0 Å². The number of nitrogens with zero attached hydrogens (tertiary/aromatic N) is 1. The second-order valence-electron chi connectivity index (χ2n) is 4.83. The minimum absolute atomic E-state index is 0.236. The summed E-state index contributed by atoms with van der Waals surface area (Å²) in [5.41, 5.74) is 2.55. The van der Waals surface area contributed by atoms with Crippen LogP contribution in [-0.4, -0.2) is 24.8 Å². The second kappa shape index (κ2) is 5.35. The standard InChI is InChI=1S/C14H21NO/c1-12-3-2-9-15(11-12)14-6-4-13(5-7-14)8-10-16/h4-7,12,16H,2-3,8-11H2,1H3. The Bertz CT molecular complexity index is 320. The molecule has 1 aliphatic heterocycles. The van der Waals surface area contributed by atoms with E-state index >= 15 is 0 Å². The normalized spacial score (nSPS) is 21.1. The van der Waals surface area contributed by atoms with Gasteiger partial charge in [-0.25, -0.2) is 0 Å². The molecule has 0 bridgehead atoms. The van der Waals surface area contributed by atoms with E-state index in [0.29, 0.717) is 0 Å². The lowest BCUT2D eigenvalue weighted by Crippen LogP contribution is -2.34. The first-order valence-electron chi connectivity index (χ1n) is 6.24. The van der Waals surface area contributed by atoms with Crippen LogP contribution in [0.5, 0.6) is 0 Å². The molecule has 1 aromatic carbocycles. The van der Waals surface area contributed by atoms with Crippen molar-refractivity contribution in [2.24, 2.45) is 5.92 Å². The van der Waals surface area contributed by atoms with E-state index < -0.39 is 0 Å². The summed E-state index contributed by atoms with van der Waals surface area (Å²) >= 11 is 0. The van der Waals surface area contributed by atoms with Crippen LogP contribution in [-0.2, 0) is 6.42 Å². The summed E-state index contributed by atoms with van der Waals surface area (Å²) in [6, 6.07) is 8.63. The molecule has 1 unspecified atom stereocenters. The van der Waals surface area contributed by atoms with Gasteiger partial charge in [-0.1, -0.05) is 19.1 Å². The van der Waals surface area contributed by atoms with Crippen molar-refractivity contribution in [3.8, 4) is 0 Å². The van der Waals surface area contributed by atoms with Crippen LogP contribution in [0, 0.1) is 5.92 Å². The molecule has 0 radical (unpaired) electrons. The molecule has 1 aromatic rings. The number of hydrogen-bond acceptors (Lipinski definition) is 2. The highest BCUT2D eigenvalue weighted by atomic mass is 16.2. The molecule has 0 amide bonds. The van der Waals surface area contributed by atoms with E-state index in [0.717, 1.165) is 12.3 Å². The summed E-state index contributed by atoms with van der Waals surface area (Å²) in [4.78, 5) is 2.47. The Labute approximate surface area is 97.9 Å². The smallest absolute Gasteiger partial charge is 0.0471 e. The van der Waals surface area contributed by atoms with Crippen LogP contribution >= 0.6 is 0 Å². The fourth-order valence-corrected chi connectivity index (χ4v) is 2.43. The van der Waals surface area contributed by atoms with Crippen LogP contribution in [0.3, 0.4) is 0 Å². The van der Waals surface area contributed by atoms with Crippen LogP contribution in [0.15, 0.2) is 24.3 Å². The number of aliphatic hydroxyl groups is 1. The summed E-state index contributed by atoms with van der Waals surface area (Å²) < 4.78 is 0. The molecule has 1 aliphatic rings. The predicted octanol–water partition coefficient (Wildman–Crippen LogP) is 2.46. The van der Waals surface area contributed by atoms with Gasteiger partial charge in [0.05, 0.1) is 0 Å². The molecule has 0 aromatic heterocycles. The van der Waals surface area contributed by atoms with Gasteiger partial charge in [-0.15, -0.1) is 0 Å². The van der Waals surface area contributed by atoms with E-state index in [4.69, 9.17) is 5.11 Å². The summed E-state index contributed by atoms with van der Waals surface area (Å²) in [6.07, 6.45) is 3.43. The van der Waals surface area contributed by atoms with Crippen molar-refractivity contribution in [2.75, 3.05) is 24.6 Å². The lowest BCUT2D eigenvalue weighted by Gasteiger charge is -2.32. The van der Waals surface area contributed by atoms with Crippen molar-refractivity contribution in [3.05, 3.63) is 29.8 Å². The Morgan fingerprint density at radius 3 is 2.69 bits per heavy atom. The lowest BCUT2D eigenvalue weighted by molar-refractivity contribution is 0.299. The Hall–Kier alpha value is -1.02. The van der Waals surface area contributed by atoms with Crippen molar-refractivity contribution in [1.82, 2.24) is 0 Å². The van der Waals surface area contributed by atoms with Gasteiger partial charge in [-0.3, -0.25) is 0 Å². The highest BCUT2D eigenvalue weighted by Crippen LogP contribution is 2.23. The maximum absolute atomic E-state index is 8.86. The Morgan fingerprint density at radius 1 is 1.31 bits per heavy atom. The quantitative estimate of drug-likeness (QED) is 0.844. The van der Waals surface area contributed by atoms with Crippen LogP contribution < -0.4 is 4.90 Å². The molecular formula is C14H21NO. The third kappa shape index (κ3) is 2.76. The van der Waals surface area contributed by atoms with E-state index in [2.05, 4.69) is 36.1 Å². The van der Waals surface area contributed by atoms with Gasteiger partial charge < -0.3 is 10.0 Å². The van der Waals surface area contributed by atoms with Crippen LogP contribution in [0.1, 0.15) is 25.3 Å².